The molecule has 0 spiro atoms. The maximum absolute atomic E-state index is 4.40. The summed E-state index contributed by atoms with van der Waals surface area (Å²) < 4.78 is 1.99. The zero-order valence-corrected chi connectivity index (χ0v) is 8.02. The van der Waals surface area contributed by atoms with Crippen LogP contribution in [0.5, 0.6) is 0 Å². The molecule has 13 heavy (non-hydrogen) atoms. The fraction of sp³-hybridized carbons (Fsp3) is 0.444. The number of rotatable bonds is 1. The fourth-order valence-electron chi connectivity index (χ4n) is 1.45. The van der Waals surface area contributed by atoms with Crippen LogP contribution in [0.15, 0.2) is 12.4 Å². The molecule has 0 saturated carbocycles. The maximum Gasteiger partial charge on any atom is 0.197 e. The lowest BCUT2D eigenvalue weighted by atomic mass is 10.2. The number of aryl methyl sites for hydroxylation is 1. The lowest BCUT2D eigenvalue weighted by Crippen LogP contribution is -1.99. The van der Waals surface area contributed by atoms with Crippen LogP contribution in [0.25, 0.3) is 11.3 Å². The van der Waals surface area contributed by atoms with Gasteiger partial charge in [0.05, 0.1) is 0 Å². The third kappa shape index (κ3) is 1.18. The molecule has 0 aliphatic rings. The molecule has 0 amide bonds. The first-order valence-corrected chi connectivity index (χ1v) is 4.33. The summed E-state index contributed by atoms with van der Waals surface area (Å²) in [6, 6.07) is 0. The summed E-state index contributed by atoms with van der Waals surface area (Å²) in [5, 5.41) is 0. The largest absolute Gasteiger partial charge is 0.314 e. The molecule has 2 aromatic rings. The van der Waals surface area contributed by atoms with E-state index >= 15 is 0 Å². The van der Waals surface area contributed by atoms with Crippen molar-refractivity contribution in [3.05, 3.63) is 18.2 Å². The SMILES string of the molecule is CC(C)c1nc2nccnc2n1C. The number of hydrogen-bond acceptors (Lipinski definition) is 3. The molecule has 0 aromatic carbocycles. The smallest absolute Gasteiger partial charge is 0.197 e. The Hall–Kier alpha value is -1.45. The highest BCUT2D eigenvalue weighted by molar-refractivity contribution is 5.65. The molecular formula is C9H12N4. The van der Waals surface area contributed by atoms with Crippen molar-refractivity contribution in [1.82, 2.24) is 19.5 Å². The van der Waals surface area contributed by atoms with Crippen molar-refractivity contribution >= 4 is 11.3 Å². The molecule has 0 fully saturated rings. The summed E-state index contributed by atoms with van der Waals surface area (Å²) in [5.41, 5.74) is 1.58. The van der Waals surface area contributed by atoms with Gasteiger partial charge in [0.15, 0.2) is 11.3 Å². The van der Waals surface area contributed by atoms with E-state index in [0.29, 0.717) is 5.92 Å². The van der Waals surface area contributed by atoms with Crippen molar-refractivity contribution in [3.8, 4) is 0 Å². The van der Waals surface area contributed by atoms with E-state index in [9.17, 15) is 0 Å². The standard InChI is InChI=1S/C9H12N4/c1-6(2)8-12-7-9(13(8)3)11-5-4-10-7/h4-6H,1-3H3. The Morgan fingerprint density at radius 3 is 2.54 bits per heavy atom. The van der Waals surface area contributed by atoms with Crippen LogP contribution in [-0.2, 0) is 7.05 Å². The van der Waals surface area contributed by atoms with Gasteiger partial charge in [-0.1, -0.05) is 13.8 Å². The summed E-state index contributed by atoms with van der Waals surface area (Å²) in [7, 11) is 1.97. The molecule has 68 valence electrons. The Kier molecular flexibility index (Phi) is 1.76. The van der Waals surface area contributed by atoms with Crippen molar-refractivity contribution in [2.45, 2.75) is 19.8 Å². The summed E-state index contributed by atoms with van der Waals surface area (Å²) in [4.78, 5) is 12.8. The van der Waals surface area contributed by atoms with Crippen molar-refractivity contribution in [3.63, 3.8) is 0 Å². The molecule has 0 saturated heterocycles. The topological polar surface area (TPSA) is 43.6 Å². The zero-order valence-electron chi connectivity index (χ0n) is 8.02. The number of nitrogens with zero attached hydrogens (tertiary/aromatic N) is 4. The van der Waals surface area contributed by atoms with E-state index in [1.807, 2.05) is 11.6 Å². The number of imidazole rings is 1. The predicted octanol–water partition coefficient (Wildman–Crippen LogP) is 1.49. The minimum atomic E-state index is 0.404. The molecule has 0 aliphatic heterocycles. The number of fused-ring (bicyclic) bond motifs is 1. The second-order valence-corrected chi connectivity index (χ2v) is 3.39. The third-order valence-electron chi connectivity index (χ3n) is 2.06. The van der Waals surface area contributed by atoms with Gasteiger partial charge in [-0.15, -0.1) is 0 Å². The molecule has 0 unspecified atom stereocenters. The maximum atomic E-state index is 4.40. The fourth-order valence-corrected chi connectivity index (χ4v) is 1.45. The molecule has 0 radical (unpaired) electrons. The molecule has 4 heteroatoms. The van der Waals surface area contributed by atoms with Crippen LogP contribution in [0.2, 0.25) is 0 Å². The highest BCUT2D eigenvalue weighted by atomic mass is 15.1. The first-order valence-electron chi connectivity index (χ1n) is 4.33. The second-order valence-electron chi connectivity index (χ2n) is 3.39. The molecular weight excluding hydrogens is 164 g/mol. The summed E-state index contributed by atoms with van der Waals surface area (Å²) in [6.45, 7) is 4.22. The van der Waals surface area contributed by atoms with Gasteiger partial charge in [0.1, 0.15) is 5.82 Å². The minimum Gasteiger partial charge on any atom is -0.314 e. The van der Waals surface area contributed by atoms with Gasteiger partial charge in [0.2, 0.25) is 0 Å². The van der Waals surface area contributed by atoms with Crippen LogP contribution in [0, 0.1) is 0 Å². The number of hydrogen-bond donors (Lipinski definition) is 0. The third-order valence-corrected chi connectivity index (χ3v) is 2.06. The van der Waals surface area contributed by atoms with E-state index in [-0.39, 0.29) is 0 Å². The molecule has 2 heterocycles. The predicted molar refractivity (Wildman–Crippen MR) is 50.4 cm³/mol. The van der Waals surface area contributed by atoms with Crippen molar-refractivity contribution in [2.75, 3.05) is 0 Å². The highest BCUT2D eigenvalue weighted by Gasteiger charge is 2.11. The Morgan fingerprint density at radius 2 is 1.92 bits per heavy atom. The van der Waals surface area contributed by atoms with Gasteiger partial charge in [0, 0.05) is 25.4 Å². The van der Waals surface area contributed by atoms with Crippen LogP contribution in [0.4, 0.5) is 0 Å². The normalized spacial score (nSPS) is 11.4. The van der Waals surface area contributed by atoms with Crippen LogP contribution in [-0.4, -0.2) is 19.5 Å². The first-order chi connectivity index (χ1) is 6.20. The Bertz CT molecular complexity index is 430. The lowest BCUT2D eigenvalue weighted by molar-refractivity contribution is 0.719. The first kappa shape index (κ1) is 8.16. The van der Waals surface area contributed by atoms with Gasteiger partial charge >= 0.3 is 0 Å². The Balaban J connectivity index is 2.74. The Morgan fingerprint density at radius 1 is 1.23 bits per heavy atom. The van der Waals surface area contributed by atoms with Gasteiger partial charge in [-0.25, -0.2) is 15.0 Å². The zero-order chi connectivity index (χ0) is 9.42. The summed E-state index contributed by atoms with van der Waals surface area (Å²) >= 11 is 0. The molecule has 4 nitrogen and oxygen atoms in total. The molecule has 2 aromatic heterocycles. The molecule has 0 atom stereocenters. The van der Waals surface area contributed by atoms with Gasteiger partial charge < -0.3 is 4.57 Å². The van der Waals surface area contributed by atoms with Crippen LogP contribution < -0.4 is 0 Å². The van der Waals surface area contributed by atoms with Crippen molar-refractivity contribution in [2.24, 2.45) is 7.05 Å². The van der Waals surface area contributed by atoms with Gasteiger partial charge in [-0.2, -0.15) is 0 Å². The quantitative estimate of drug-likeness (QED) is 0.661. The van der Waals surface area contributed by atoms with Crippen molar-refractivity contribution in [1.29, 1.82) is 0 Å². The van der Waals surface area contributed by atoms with Gasteiger partial charge in [-0.3, -0.25) is 0 Å². The second kappa shape index (κ2) is 2.80. The molecule has 0 aliphatic carbocycles. The van der Waals surface area contributed by atoms with E-state index in [1.54, 1.807) is 12.4 Å². The monoisotopic (exact) mass is 176 g/mol. The average molecular weight is 176 g/mol. The summed E-state index contributed by atoms with van der Waals surface area (Å²) in [6.07, 6.45) is 3.35. The summed E-state index contributed by atoms with van der Waals surface area (Å²) in [5.74, 6) is 1.43. The average Bonchev–Trinajstić information content (AvgIpc) is 2.45. The van der Waals surface area contributed by atoms with E-state index in [4.69, 9.17) is 0 Å². The van der Waals surface area contributed by atoms with Crippen LogP contribution in [0.1, 0.15) is 25.6 Å². The van der Waals surface area contributed by atoms with Gasteiger partial charge in [-0.05, 0) is 0 Å². The minimum absolute atomic E-state index is 0.404. The van der Waals surface area contributed by atoms with E-state index in [0.717, 1.165) is 17.1 Å². The van der Waals surface area contributed by atoms with Crippen LogP contribution >= 0.6 is 0 Å². The number of aromatic nitrogens is 4. The van der Waals surface area contributed by atoms with Crippen molar-refractivity contribution < 1.29 is 0 Å². The van der Waals surface area contributed by atoms with Crippen LogP contribution in [0.3, 0.4) is 0 Å². The van der Waals surface area contributed by atoms with Gasteiger partial charge in [0.25, 0.3) is 0 Å². The molecule has 2 rings (SSSR count). The Labute approximate surface area is 76.7 Å². The highest BCUT2D eigenvalue weighted by Crippen LogP contribution is 2.16. The van der Waals surface area contributed by atoms with E-state index in [1.165, 1.54) is 0 Å². The van der Waals surface area contributed by atoms with E-state index < -0.39 is 0 Å². The molecule has 0 N–H and O–H groups in total. The molecule has 0 bridgehead atoms. The van der Waals surface area contributed by atoms with E-state index in [2.05, 4.69) is 28.8 Å². The lowest BCUT2D eigenvalue weighted by Gasteiger charge is -2.03.